The predicted molar refractivity (Wildman–Crippen MR) is 79.8 cm³/mol. The fourth-order valence-electron chi connectivity index (χ4n) is 2.25. The van der Waals surface area contributed by atoms with Crippen molar-refractivity contribution in [3.63, 3.8) is 0 Å². The van der Waals surface area contributed by atoms with E-state index in [1.54, 1.807) is 17.4 Å². The van der Waals surface area contributed by atoms with Crippen LogP contribution in [0.1, 0.15) is 22.9 Å². The topological polar surface area (TPSA) is 78.3 Å². The van der Waals surface area contributed by atoms with Crippen LogP contribution in [0.2, 0.25) is 5.02 Å². The first-order chi connectivity index (χ1) is 9.54. The monoisotopic (exact) mass is 308 g/mol. The molecule has 2 aromatic rings. The first kappa shape index (κ1) is 13.4. The van der Waals surface area contributed by atoms with Crippen molar-refractivity contribution in [2.45, 2.75) is 19.1 Å². The van der Waals surface area contributed by atoms with Crippen molar-refractivity contribution in [3.8, 4) is 16.2 Å². The number of nitrogens with two attached hydrogens (primary N) is 2. The largest absolute Gasteiger partial charge is 0.488 e. The van der Waals surface area contributed by atoms with Crippen LogP contribution in [0, 0.1) is 0 Å². The number of hydrogen-bond acceptors (Lipinski definition) is 4. The van der Waals surface area contributed by atoms with E-state index in [-0.39, 0.29) is 12.5 Å². The minimum Gasteiger partial charge on any atom is -0.488 e. The van der Waals surface area contributed by atoms with Crippen molar-refractivity contribution >= 4 is 28.8 Å². The van der Waals surface area contributed by atoms with Gasteiger partial charge in [0, 0.05) is 38.4 Å². The Hall–Kier alpha value is -1.56. The van der Waals surface area contributed by atoms with Crippen molar-refractivity contribution in [1.82, 2.24) is 0 Å². The Kier molecular flexibility index (Phi) is 3.41. The van der Waals surface area contributed by atoms with E-state index < -0.39 is 5.91 Å². The maximum atomic E-state index is 11.0. The van der Waals surface area contributed by atoms with Gasteiger partial charge in [0.15, 0.2) is 0 Å². The van der Waals surface area contributed by atoms with Gasteiger partial charge in [-0.3, -0.25) is 4.79 Å². The summed E-state index contributed by atoms with van der Waals surface area (Å²) in [5.74, 6) is 0.419. The number of ether oxygens (including phenoxy) is 1. The number of amides is 1. The zero-order valence-electron chi connectivity index (χ0n) is 10.6. The maximum absolute atomic E-state index is 11.0. The molecule has 3 rings (SSSR count). The summed E-state index contributed by atoms with van der Waals surface area (Å²) in [6, 6.07) is 7.17. The van der Waals surface area contributed by atoms with E-state index in [4.69, 9.17) is 27.8 Å². The van der Waals surface area contributed by atoms with Crippen LogP contribution in [0.5, 0.6) is 5.75 Å². The van der Waals surface area contributed by atoms with Gasteiger partial charge < -0.3 is 16.2 Å². The molecule has 0 saturated heterocycles. The van der Waals surface area contributed by atoms with Gasteiger partial charge in [-0.1, -0.05) is 11.6 Å². The van der Waals surface area contributed by atoms with E-state index in [0.717, 1.165) is 26.6 Å². The Bertz CT molecular complexity index is 684. The molecule has 0 saturated carbocycles. The van der Waals surface area contributed by atoms with Crippen LogP contribution in [0.25, 0.3) is 10.4 Å². The molecular weight excluding hydrogens is 296 g/mol. The highest BCUT2D eigenvalue weighted by molar-refractivity contribution is 7.15. The highest BCUT2D eigenvalue weighted by Gasteiger charge is 2.23. The average Bonchev–Trinajstić information content (AvgIpc) is 2.82. The van der Waals surface area contributed by atoms with Gasteiger partial charge in [0.25, 0.3) is 0 Å². The standard InChI is InChI=1S/C14H13ClN2O2S/c15-8-1-2-11-9(4-8)14-7(6-19-11)3-12(20-14)10(16)5-13(17)18/h1-4,10H,5-6,16H2,(H2,17,18). The first-order valence-electron chi connectivity index (χ1n) is 6.14. The summed E-state index contributed by atoms with van der Waals surface area (Å²) in [6.45, 7) is 0.504. The normalized spacial score (nSPS) is 14.1. The molecule has 1 unspecified atom stereocenters. The third-order valence-corrected chi connectivity index (χ3v) is 4.76. The molecule has 4 N–H and O–H groups in total. The molecule has 104 valence electrons. The lowest BCUT2D eigenvalue weighted by Crippen LogP contribution is -2.19. The highest BCUT2D eigenvalue weighted by atomic mass is 35.5. The van der Waals surface area contributed by atoms with Crippen molar-refractivity contribution in [3.05, 3.63) is 39.7 Å². The Labute approximate surface area is 125 Å². The summed E-state index contributed by atoms with van der Waals surface area (Å²) in [6.07, 6.45) is 0.142. The fraction of sp³-hybridized carbons (Fsp3) is 0.214. The predicted octanol–water partition coefficient (Wildman–Crippen LogP) is 2.84. The average molecular weight is 309 g/mol. The van der Waals surface area contributed by atoms with Gasteiger partial charge in [0.2, 0.25) is 5.91 Å². The van der Waals surface area contributed by atoms with Crippen molar-refractivity contribution in [2.75, 3.05) is 0 Å². The number of halogens is 1. The Balaban J connectivity index is 2.01. The molecule has 1 aromatic carbocycles. The van der Waals surface area contributed by atoms with E-state index in [1.165, 1.54) is 0 Å². The second kappa shape index (κ2) is 5.09. The zero-order valence-corrected chi connectivity index (χ0v) is 12.1. The summed E-state index contributed by atoms with van der Waals surface area (Å²) in [5, 5.41) is 0.664. The number of benzene rings is 1. The molecule has 1 aromatic heterocycles. The Morgan fingerprint density at radius 3 is 3.00 bits per heavy atom. The lowest BCUT2D eigenvalue weighted by atomic mass is 10.1. The van der Waals surface area contributed by atoms with E-state index >= 15 is 0 Å². The van der Waals surface area contributed by atoms with Gasteiger partial charge in [-0.15, -0.1) is 11.3 Å². The van der Waals surface area contributed by atoms with Gasteiger partial charge in [-0.25, -0.2) is 0 Å². The minimum absolute atomic E-state index is 0.142. The second-order valence-corrected chi connectivity index (χ2v) is 6.23. The van der Waals surface area contributed by atoms with Gasteiger partial charge >= 0.3 is 0 Å². The highest BCUT2D eigenvalue weighted by Crippen LogP contribution is 2.44. The van der Waals surface area contributed by atoms with E-state index in [1.807, 2.05) is 18.2 Å². The fourth-order valence-corrected chi connectivity index (χ4v) is 3.61. The third kappa shape index (κ3) is 2.40. The summed E-state index contributed by atoms with van der Waals surface area (Å²) in [7, 11) is 0. The lowest BCUT2D eigenvalue weighted by Gasteiger charge is -2.17. The summed E-state index contributed by atoms with van der Waals surface area (Å²) in [5.41, 5.74) is 13.2. The van der Waals surface area contributed by atoms with E-state index in [0.29, 0.717) is 11.6 Å². The van der Waals surface area contributed by atoms with Gasteiger partial charge in [-0.05, 0) is 24.3 Å². The SMILES string of the molecule is NC(=O)CC(N)c1cc2c(s1)-c1cc(Cl)ccc1OC2. The van der Waals surface area contributed by atoms with Crippen LogP contribution >= 0.6 is 22.9 Å². The van der Waals surface area contributed by atoms with Gasteiger partial charge in [-0.2, -0.15) is 0 Å². The molecule has 2 heterocycles. The maximum Gasteiger partial charge on any atom is 0.219 e. The molecule has 0 fully saturated rings. The van der Waals surface area contributed by atoms with Crippen LogP contribution < -0.4 is 16.2 Å². The van der Waals surface area contributed by atoms with Crippen LogP contribution in [-0.4, -0.2) is 5.91 Å². The van der Waals surface area contributed by atoms with Crippen LogP contribution in [0.4, 0.5) is 0 Å². The Morgan fingerprint density at radius 2 is 2.25 bits per heavy atom. The second-order valence-electron chi connectivity index (χ2n) is 4.71. The summed E-state index contributed by atoms with van der Waals surface area (Å²) in [4.78, 5) is 13.0. The number of rotatable bonds is 3. The molecule has 1 amide bonds. The van der Waals surface area contributed by atoms with E-state index in [9.17, 15) is 4.79 Å². The first-order valence-corrected chi connectivity index (χ1v) is 7.33. The van der Waals surface area contributed by atoms with Gasteiger partial charge in [0.1, 0.15) is 12.4 Å². The molecule has 1 aliphatic rings. The minimum atomic E-state index is -0.399. The van der Waals surface area contributed by atoms with Crippen LogP contribution in [0.3, 0.4) is 0 Å². The smallest absolute Gasteiger partial charge is 0.219 e. The lowest BCUT2D eigenvalue weighted by molar-refractivity contribution is -0.118. The Morgan fingerprint density at radius 1 is 1.45 bits per heavy atom. The quantitative estimate of drug-likeness (QED) is 0.915. The number of carbonyl (C=O) groups is 1. The van der Waals surface area contributed by atoms with Crippen molar-refractivity contribution < 1.29 is 9.53 Å². The number of fused-ring (bicyclic) bond motifs is 3. The van der Waals surface area contributed by atoms with Crippen LogP contribution in [0.15, 0.2) is 24.3 Å². The summed E-state index contributed by atoms with van der Waals surface area (Å²) >= 11 is 7.61. The molecule has 1 atom stereocenters. The van der Waals surface area contributed by atoms with Gasteiger partial charge in [0.05, 0.1) is 0 Å². The van der Waals surface area contributed by atoms with Crippen molar-refractivity contribution in [2.24, 2.45) is 11.5 Å². The summed E-state index contributed by atoms with van der Waals surface area (Å²) < 4.78 is 5.69. The zero-order chi connectivity index (χ0) is 14.3. The number of thiophene rings is 1. The molecule has 6 heteroatoms. The molecule has 4 nitrogen and oxygen atoms in total. The molecule has 0 aliphatic carbocycles. The number of primary amides is 1. The molecule has 20 heavy (non-hydrogen) atoms. The molecular formula is C14H13ClN2O2S. The molecule has 0 bridgehead atoms. The van der Waals surface area contributed by atoms with Crippen molar-refractivity contribution in [1.29, 1.82) is 0 Å². The van der Waals surface area contributed by atoms with E-state index in [2.05, 4.69) is 0 Å². The molecule has 1 aliphatic heterocycles. The third-order valence-electron chi connectivity index (χ3n) is 3.18. The number of hydrogen-bond donors (Lipinski definition) is 2. The number of carbonyl (C=O) groups excluding carboxylic acids is 1. The molecule has 0 radical (unpaired) electrons. The molecule has 0 spiro atoms. The van der Waals surface area contributed by atoms with Crippen LogP contribution in [-0.2, 0) is 11.4 Å².